The Balaban J connectivity index is 1.40. The van der Waals surface area contributed by atoms with Crippen LogP contribution in [0.1, 0.15) is 17.1 Å². The first-order valence-electron chi connectivity index (χ1n) is 8.64. The summed E-state index contributed by atoms with van der Waals surface area (Å²) in [6.45, 7) is 0. The molecule has 0 aliphatic carbocycles. The quantitative estimate of drug-likeness (QED) is 0.560. The zero-order chi connectivity index (χ0) is 18.4. The number of fused-ring (bicyclic) bond motifs is 2. The fraction of sp³-hybridized carbons (Fsp3) is 0.143. The molecule has 2 aromatic carbocycles. The summed E-state index contributed by atoms with van der Waals surface area (Å²) in [5, 5.41) is 4.83. The SMILES string of the molecule is O=C1NC(=O)C(Cc2ccc3oc(Cc4occ5ccccc45)cc3c2)S1. The monoisotopic (exact) mass is 377 g/mol. The molecule has 0 radical (unpaired) electrons. The Morgan fingerprint density at radius 2 is 1.93 bits per heavy atom. The molecule has 1 aliphatic heterocycles. The molecule has 1 N–H and O–H groups in total. The zero-order valence-corrected chi connectivity index (χ0v) is 15.0. The van der Waals surface area contributed by atoms with E-state index < -0.39 is 0 Å². The van der Waals surface area contributed by atoms with Crippen molar-refractivity contribution >= 4 is 44.6 Å². The molecule has 0 bridgehead atoms. The number of hydrogen-bond acceptors (Lipinski definition) is 5. The number of benzene rings is 2. The van der Waals surface area contributed by atoms with Crippen molar-refractivity contribution in [1.29, 1.82) is 0 Å². The molecule has 5 rings (SSSR count). The lowest BCUT2D eigenvalue weighted by Gasteiger charge is -2.04. The maximum Gasteiger partial charge on any atom is 0.286 e. The van der Waals surface area contributed by atoms with Gasteiger partial charge in [-0.3, -0.25) is 14.9 Å². The van der Waals surface area contributed by atoms with Crippen molar-refractivity contribution < 1.29 is 18.4 Å². The van der Waals surface area contributed by atoms with E-state index in [2.05, 4.69) is 5.32 Å². The lowest BCUT2D eigenvalue weighted by atomic mass is 10.1. The van der Waals surface area contributed by atoms with Crippen LogP contribution in [-0.2, 0) is 17.6 Å². The molecule has 4 aromatic rings. The first-order valence-corrected chi connectivity index (χ1v) is 9.51. The third kappa shape index (κ3) is 3.02. The van der Waals surface area contributed by atoms with Gasteiger partial charge in [0.05, 0.1) is 17.9 Å². The van der Waals surface area contributed by atoms with Crippen LogP contribution < -0.4 is 5.32 Å². The highest BCUT2D eigenvalue weighted by Gasteiger charge is 2.31. The van der Waals surface area contributed by atoms with Crippen LogP contribution in [0, 0.1) is 0 Å². The Labute approximate surface area is 158 Å². The highest BCUT2D eigenvalue weighted by molar-refractivity contribution is 8.15. The Kier molecular flexibility index (Phi) is 3.79. The number of hydrogen-bond donors (Lipinski definition) is 1. The summed E-state index contributed by atoms with van der Waals surface area (Å²) in [5.41, 5.74) is 1.80. The van der Waals surface area contributed by atoms with Crippen molar-refractivity contribution in [3.8, 4) is 0 Å². The van der Waals surface area contributed by atoms with E-state index in [1.165, 1.54) is 0 Å². The summed E-state index contributed by atoms with van der Waals surface area (Å²) in [6, 6.07) is 15.9. The average molecular weight is 377 g/mol. The van der Waals surface area contributed by atoms with Crippen LogP contribution in [0.5, 0.6) is 0 Å². The van der Waals surface area contributed by atoms with Crippen LogP contribution in [0.3, 0.4) is 0 Å². The molecule has 3 heterocycles. The summed E-state index contributed by atoms with van der Waals surface area (Å²) < 4.78 is 11.7. The fourth-order valence-corrected chi connectivity index (χ4v) is 4.31. The van der Waals surface area contributed by atoms with E-state index in [1.54, 1.807) is 6.26 Å². The van der Waals surface area contributed by atoms with Crippen molar-refractivity contribution in [2.75, 3.05) is 0 Å². The van der Waals surface area contributed by atoms with E-state index >= 15 is 0 Å². The minimum Gasteiger partial charge on any atom is -0.468 e. The van der Waals surface area contributed by atoms with Crippen LogP contribution in [-0.4, -0.2) is 16.4 Å². The second-order valence-electron chi connectivity index (χ2n) is 6.60. The van der Waals surface area contributed by atoms with Crippen molar-refractivity contribution in [3.05, 3.63) is 71.9 Å². The first-order chi connectivity index (χ1) is 13.2. The summed E-state index contributed by atoms with van der Waals surface area (Å²) >= 11 is 1.05. The van der Waals surface area contributed by atoms with E-state index in [-0.39, 0.29) is 16.4 Å². The number of furan rings is 2. The fourth-order valence-electron chi connectivity index (χ4n) is 3.45. The molecule has 6 heteroatoms. The Hall–Kier alpha value is -2.99. The zero-order valence-electron chi connectivity index (χ0n) is 14.2. The van der Waals surface area contributed by atoms with Crippen LogP contribution in [0.4, 0.5) is 4.79 Å². The van der Waals surface area contributed by atoms with Gasteiger partial charge in [0.15, 0.2) is 0 Å². The summed E-state index contributed by atoms with van der Waals surface area (Å²) in [4.78, 5) is 23.1. The van der Waals surface area contributed by atoms with Crippen molar-refractivity contribution in [2.45, 2.75) is 18.1 Å². The third-order valence-electron chi connectivity index (χ3n) is 4.74. The van der Waals surface area contributed by atoms with Gasteiger partial charge >= 0.3 is 0 Å². The minimum absolute atomic E-state index is 0.220. The molecule has 1 aliphatic rings. The van der Waals surface area contributed by atoms with E-state index in [1.807, 2.05) is 48.5 Å². The smallest absolute Gasteiger partial charge is 0.286 e. The largest absolute Gasteiger partial charge is 0.468 e. The van der Waals surface area contributed by atoms with Gasteiger partial charge in [-0.15, -0.1) is 0 Å². The van der Waals surface area contributed by atoms with Gasteiger partial charge in [0.2, 0.25) is 5.91 Å². The number of imide groups is 1. The van der Waals surface area contributed by atoms with E-state index in [4.69, 9.17) is 8.83 Å². The highest BCUT2D eigenvalue weighted by Crippen LogP contribution is 2.28. The van der Waals surface area contributed by atoms with Gasteiger partial charge in [-0.1, -0.05) is 42.1 Å². The van der Waals surface area contributed by atoms with Crippen molar-refractivity contribution in [2.24, 2.45) is 0 Å². The summed E-state index contributed by atoms with van der Waals surface area (Å²) in [7, 11) is 0. The lowest BCUT2D eigenvalue weighted by Crippen LogP contribution is -2.25. The number of nitrogens with one attached hydrogen (secondary N) is 1. The molecule has 1 saturated heterocycles. The van der Waals surface area contributed by atoms with E-state index in [0.717, 1.165) is 50.6 Å². The van der Waals surface area contributed by atoms with E-state index in [9.17, 15) is 9.59 Å². The van der Waals surface area contributed by atoms with Crippen LogP contribution in [0.2, 0.25) is 0 Å². The maximum absolute atomic E-state index is 11.8. The molecule has 0 spiro atoms. The topological polar surface area (TPSA) is 72.5 Å². The van der Waals surface area contributed by atoms with Gasteiger partial charge in [-0.2, -0.15) is 0 Å². The van der Waals surface area contributed by atoms with Gasteiger partial charge < -0.3 is 8.83 Å². The molecule has 1 atom stereocenters. The van der Waals surface area contributed by atoms with Gasteiger partial charge in [0.1, 0.15) is 17.1 Å². The predicted octanol–water partition coefficient (Wildman–Crippen LogP) is 4.66. The third-order valence-corrected chi connectivity index (χ3v) is 5.73. The van der Waals surface area contributed by atoms with Gasteiger partial charge in [0.25, 0.3) is 5.24 Å². The number of rotatable bonds is 4. The standard InChI is InChI=1S/C21H15NO4S/c23-20-19(27-21(24)22-20)8-12-5-6-17-14(7-12)9-15(26-17)10-18-16-4-2-1-3-13(16)11-25-18/h1-7,9,11,19H,8,10H2,(H,22,23,24). The molecule has 5 nitrogen and oxygen atoms in total. The first kappa shape index (κ1) is 16.2. The van der Waals surface area contributed by atoms with Gasteiger partial charge in [0, 0.05) is 16.2 Å². The molecule has 2 aromatic heterocycles. The Morgan fingerprint density at radius 3 is 2.78 bits per heavy atom. The number of carbonyl (C=O) groups excluding carboxylic acids is 2. The molecule has 134 valence electrons. The Morgan fingerprint density at radius 1 is 1.04 bits per heavy atom. The normalized spacial score (nSPS) is 17.1. The van der Waals surface area contributed by atoms with Crippen LogP contribution >= 0.6 is 11.8 Å². The molecule has 0 saturated carbocycles. The molecular formula is C21H15NO4S. The molecular weight excluding hydrogens is 362 g/mol. The number of thioether (sulfide) groups is 1. The average Bonchev–Trinajstić information content (AvgIpc) is 3.33. The van der Waals surface area contributed by atoms with Gasteiger partial charge in [-0.05, 0) is 30.2 Å². The minimum atomic E-state index is -0.365. The van der Waals surface area contributed by atoms with Crippen molar-refractivity contribution in [1.82, 2.24) is 5.32 Å². The second-order valence-corrected chi connectivity index (χ2v) is 7.77. The highest BCUT2D eigenvalue weighted by atomic mass is 32.2. The van der Waals surface area contributed by atoms with Gasteiger partial charge in [-0.25, -0.2) is 0 Å². The molecule has 1 unspecified atom stereocenters. The number of amides is 2. The van der Waals surface area contributed by atoms with Crippen LogP contribution in [0.15, 0.2) is 63.6 Å². The Bertz CT molecular complexity index is 1190. The molecule has 27 heavy (non-hydrogen) atoms. The molecule has 2 amide bonds. The maximum atomic E-state index is 11.8. The molecule has 1 fully saturated rings. The summed E-state index contributed by atoms with van der Waals surface area (Å²) in [5.74, 6) is 1.48. The number of carbonyl (C=O) groups is 2. The lowest BCUT2D eigenvalue weighted by molar-refractivity contribution is -0.118. The van der Waals surface area contributed by atoms with E-state index in [0.29, 0.717) is 12.8 Å². The second kappa shape index (κ2) is 6.32. The van der Waals surface area contributed by atoms with Crippen molar-refractivity contribution in [3.63, 3.8) is 0 Å². The predicted molar refractivity (Wildman–Crippen MR) is 104 cm³/mol. The van der Waals surface area contributed by atoms with Crippen LogP contribution in [0.25, 0.3) is 21.7 Å². The summed E-state index contributed by atoms with van der Waals surface area (Å²) in [6.07, 6.45) is 2.85.